The van der Waals surface area contributed by atoms with Crippen molar-refractivity contribution in [2.24, 2.45) is 0 Å². The Balaban J connectivity index is 1.28. The molecule has 0 aliphatic carbocycles. The average Bonchev–Trinajstić information content (AvgIpc) is 3.72. The van der Waals surface area contributed by atoms with Crippen LogP contribution in [0, 0.1) is 6.92 Å². The normalized spacial score (nSPS) is 12.4. The van der Waals surface area contributed by atoms with Crippen molar-refractivity contribution in [3.63, 3.8) is 0 Å². The molecule has 0 spiro atoms. The van der Waals surface area contributed by atoms with Crippen LogP contribution < -0.4 is 0 Å². The highest BCUT2D eigenvalue weighted by molar-refractivity contribution is 6.12. The van der Waals surface area contributed by atoms with Crippen molar-refractivity contribution in [2.75, 3.05) is 0 Å². The maximum absolute atomic E-state index is 6.49. The molecule has 9 rings (SSSR count). The Labute approximate surface area is 260 Å². The number of nitrogens with zero attached hydrogens (tertiary/aromatic N) is 2. The van der Waals surface area contributed by atoms with Crippen LogP contribution in [0.5, 0.6) is 0 Å². The summed E-state index contributed by atoms with van der Waals surface area (Å²) in [5.41, 5.74) is 12.4. The zero-order valence-corrected chi connectivity index (χ0v) is 25.2. The first-order valence-electron chi connectivity index (χ1n) is 15.5. The Hall–Kier alpha value is -5.80. The predicted molar refractivity (Wildman–Crippen MR) is 190 cm³/mol. The van der Waals surface area contributed by atoms with Crippen LogP contribution in [0.2, 0.25) is 0 Å². The molecular formula is C42H30N2O. The number of hydrogen-bond acceptors (Lipinski definition) is 1. The van der Waals surface area contributed by atoms with Gasteiger partial charge in [0.25, 0.3) is 0 Å². The number of rotatable bonds is 4. The fourth-order valence-electron chi connectivity index (χ4n) is 7.32. The number of allylic oxidation sites excluding steroid dienone is 1. The van der Waals surface area contributed by atoms with E-state index in [0.29, 0.717) is 0 Å². The van der Waals surface area contributed by atoms with Crippen molar-refractivity contribution in [1.29, 1.82) is 0 Å². The molecule has 0 bridgehead atoms. The van der Waals surface area contributed by atoms with Crippen LogP contribution in [0.1, 0.15) is 18.2 Å². The fraction of sp³-hybridized carbons (Fsp3) is 0.0476. The van der Waals surface area contributed by atoms with Crippen molar-refractivity contribution in [1.82, 2.24) is 9.13 Å². The molecule has 3 heteroatoms. The standard InChI is InChI=1S/C42H30N2O/c1-27(43-37-21-8-3-14-29(37)30-15-4-9-22-38(30)43)26-36-28(2)44(40-24-11-6-17-32(36)40)39-23-10-5-16-31(39)34-19-13-20-35-33-18-7-12-25-41(33)45-42(34)35/h3-26H,1-2H3/b27-26+. The number of fused-ring (bicyclic) bond motifs is 7. The van der Waals surface area contributed by atoms with E-state index in [1.165, 1.54) is 49.7 Å². The molecule has 214 valence electrons. The smallest absolute Gasteiger partial charge is 0.143 e. The first-order chi connectivity index (χ1) is 22.2. The van der Waals surface area contributed by atoms with Crippen LogP contribution in [0.25, 0.3) is 83.2 Å². The summed E-state index contributed by atoms with van der Waals surface area (Å²) in [6, 6.07) is 49.6. The van der Waals surface area contributed by atoms with Crippen LogP contribution >= 0.6 is 0 Å². The zero-order chi connectivity index (χ0) is 30.1. The molecule has 0 aliphatic rings. The third kappa shape index (κ3) is 3.77. The van der Waals surface area contributed by atoms with Gasteiger partial charge in [-0.2, -0.15) is 0 Å². The molecule has 0 saturated carbocycles. The van der Waals surface area contributed by atoms with Crippen molar-refractivity contribution >= 4 is 66.4 Å². The first-order valence-corrected chi connectivity index (χ1v) is 15.5. The molecule has 3 heterocycles. The van der Waals surface area contributed by atoms with Gasteiger partial charge in [0.15, 0.2) is 0 Å². The van der Waals surface area contributed by atoms with E-state index in [0.717, 1.165) is 38.8 Å². The van der Waals surface area contributed by atoms with Crippen molar-refractivity contribution in [3.05, 3.63) is 151 Å². The minimum absolute atomic E-state index is 0.910. The van der Waals surface area contributed by atoms with E-state index >= 15 is 0 Å². The quantitative estimate of drug-likeness (QED) is 0.204. The summed E-state index contributed by atoms with van der Waals surface area (Å²) in [6.45, 7) is 4.46. The molecule has 0 saturated heterocycles. The molecule has 6 aromatic carbocycles. The predicted octanol–water partition coefficient (Wildman–Crippen LogP) is 11.6. The molecule has 0 atom stereocenters. The number of hydrogen-bond donors (Lipinski definition) is 0. The van der Waals surface area contributed by atoms with Gasteiger partial charge < -0.3 is 13.6 Å². The summed E-state index contributed by atoms with van der Waals surface area (Å²) in [7, 11) is 0. The van der Waals surface area contributed by atoms with E-state index in [2.05, 4.69) is 156 Å². The minimum atomic E-state index is 0.910. The van der Waals surface area contributed by atoms with Gasteiger partial charge in [-0.15, -0.1) is 0 Å². The topological polar surface area (TPSA) is 23.0 Å². The maximum atomic E-state index is 6.49. The second kappa shape index (κ2) is 9.87. The van der Waals surface area contributed by atoms with Crippen LogP contribution in [0.4, 0.5) is 0 Å². The molecule has 0 amide bonds. The van der Waals surface area contributed by atoms with E-state index in [-0.39, 0.29) is 0 Å². The van der Waals surface area contributed by atoms with E-state index < -0.39 is 0 Å². The summed E-state index contributed by atoms with van der Waals surface area (Å²) < 4.78 is 11.3. The Morgan fingerprint density at radius 3 is 1.84 bits per heavy atom. The first kappa shape index (κ1) is 25.7. The van der Waals surface area contributed by atoms with Gasteiger partial charge in [0.05, 0.1) is 22.2 Å². The third-order valence-electron chi connectivity index (χ3n) is 9.29. The largest absolute Gasteiger partial charge is 0.455 e. The number of benzene rings is 6. The summed E-state index contributed by atoms with van der Waals surface area (Å²) >= 11 is 0. The molecule has 0 radical (unpaired) electrons. The van der Waals surface area contributed by atoms with Crippen LogP contribution in [0.3, 0.4) is 0 Å². The minimum Gasteiger partial charge on any atom is -0.455 e. The lowest BCUT2D eigenvalue weighted by molar-refractivity contribution is 0.670. The second-order valence-corrected chi connectivity index (χ2v) is 11.8. The second-order valence-electron chi connectivity index (χ2n) is 11.8. The Morgan fingerprint density at radius 2 is 1.09 bits per heavy atom. The monoisotopic (exact) mass is 578 g/mol. The lowest BCUT2D eigenvalue weighted by Gasteiger charge is -2.15. The van der Waals surface area contributed by atoms with Crippen molar-refractivity contribution in [2.45, 2.75) is 13.8 Å². The highest BCUT2D eigenvalue weighted by Crippen LogP contribution is 2.41. The lowest BCUT2D eigenvalue weighted by atomic mass is 10.0. The van der Waals surface area contributed by atoms with Crippen LogP contribution in [-0.2, 0) is 0 Å². The third-order valence-corrected chi connectivity index (χ3v) is 9.29. The van der Waals surface area contributed by atoms with Crippen molar-refractivity contribution < 1.29 is 4.42 Å². The highest BCUT2D eigenvalue weighted by atomic mass is 16.3. The van der Waals surface area contributed by atoms with Gasteiger partial charge in [0.1, 0.15) is 11.2 Å². The summed E-state index contributed by atoms with van der Waals surface area (Å²) in [5, 5.41) is 6.05. The van der Waals surface area contributed by atoms with E-state index in [1.54, 1.807) is 0 Å². The van der Waals surface area contributed by atoms with E-state index in [4.69, 9.17) is 4.42 Å². The molecule has 0 fully saturated rings. The van der Waals surface area contributed by atoms with Gasteiger partial charge in [0.2, 0.25) is 0 Å². The highest BCUT2D eigenvalue weighted by Gasteiger charge is 2.20. The Kier molecular flexibility index (Phi) is 5.63. The van der Waals surface area contributed by atoms with Crippen LogP contribution in [0.15, 0.2) is 144 Å². The fourth-order valence-corrected chi connectivity index (χ4v) is 7.32. The number of furan rings is 1. The van der Waals surface area contributed by atoms with Gasteiger partial charge in [-0.3, -0.25) is 0 Å². The van der Waals surface area contributed by atoms with E-state index in [1.807, 2.05) is 12.1 Å². The molecule has 45 heavy (non-hydrogen) atoms. The molecule has 0 N–H and O–H groups in total. The summed E-state index contributed by atoms with van der Waals surface area (Å²) in [5.74, 6) is 0. The zero-order valence-electron chi connectivity index (χ0n) is 25.2. The maximum Gasteiger partial charge on any atom is 0.143 e. The average molecular weight is 579 g/mol. The van der Waals surface area contributed by atoms with Gasteiger partial charge in [0, 0.05) is 55.0 Å². The van der Waals surface area contributed by atoms with Gasteiger partial charge in [-0.05, 0) is 50.3 Å². The van der Waals surface area contributed by atoms with Crippen molar-refractivity contribution in [3.8, 4) is 16.8 Å². The molecule has 3 aromatic heterocycles. The van der Waals surface area contributed by atoms with E-state index in [9.17, 15) is 0 Å². The SMILES string of the molecule is C/C(=C\c1c(C)n(-c2ccccc2-c2cccc3c2oc2ccccc23)c2ccccc12)n1c2ccccc2c2ccccc21. The van der Waals surface area contributed by atoms with Gasteiger partial charge >= 0.3 is 0 Å². The number of para-hydroxylation sites is 6. The molecular weight excluding hydrogens is 548 g/mol. The molecule has 3 nitrogen and oxygen atoms in total. The molecule has 0 aliphatic heterocycles. The molecule has 9 aromatic rings. The Bertz CT molecular complexity index is 2570. The van der Waals surface area contributed by atoms with Crippen LogP contribution in [-0.4, -0.2) is 9.13 Å². The molecule has 0 unspecified atom stereocenters. The van der Waals surface area contributed by atoms with Gasteiger partial charge in [-0.1, -0.05) is 109 Å². The summed E-state index contributed by atoms with van der Waals surface area (Å²) in [4.78, 5) is 0. The lowest BCUT2D eigenvalue weighted by Crippen LogP contribution is -2.00. The number of aromatic nitrogens is 2. The van der Waals surface area contributed by atoms with Gasteiger partial charge in [-0.25, -0.2) is 0 Å². The summed E-state index contributed by atoms with van der Waals surface area (Å²) in [6.07, 6.45) is 2.36. The Morgan fingerprint density at radius 1 is 0.533 bits per heavy atom.